The lowest BCUT2D eigenvalue weighted by Gasteiger charge is -2.37. The molecule has 0 unspecified atom stereocenters. The van der Waals surface area contributed by atoms with Crippen molar-refractivity contribution in [3.8, 4) is 55.6 Å². The molecule has 0 spiro atoms. The van der Waals surface area contributed by atoms with Crippen LogP contribution in [-0.4, -0.2) is 0 Å². The Kier molecular flexibility index (Phi) is 6.66. The highest BCUT2D eigenvalue weighted by atomic mass is 15.2. The molecular formula is C53H37N. The van der Waals surface area contributed by atoms with E-state index < -0.39 is 0 Å². The van der Waals surface area contributed by atoms with Crippen molar-refractivity contribution in [2.24, 2.45) is 0 Å². The molecule has 1 nitrogen and oxygen atoms in total. The monoisotopic (exact) mass is 687 g/mol. The minimum absolute atomic E-state index is 0.187. The molecule has 0 radical (unpaired) electrons. The maximum atomic E-state index is 2.58. The highest BCUT2D eigenvalue weighted by molar-refractivity contribution is 6.21. The fourth-order valence-corrected chi connectivity index (χ4v) is 9.35. The molecule has 1 heteroatoms. The van der Waals surface area contributed by atoms with E-state index in [9.17, 15) is 0 Å². The molecule has 9 aromatic rings. The number of hydrogen-bond donors (Lipinski definition) is 0. The van der Waals surface area contributed by atoms with E-state index in [1.807, 2.05) is 0 Å². The van der Waals surface area contributed by atoms with Gasteiger partial charge >= 0.3 is 0 Å². The third kappa shape index (κ3) is 4.52. The Bertz CT molecular complexity index is 2940. The van der Waals surface area contributed by atoms with Gasteiger partial charge in [-0.05, 0) is 120 Å². The van der Waals surface area contributed by atoms with Gasteiger partial charge in [0.15, 0.2) is 0 Å². The van der Waals surface area contributed by atoms with Gasteiger partial charge in [-0.15, -0.1) is 0 Å². The molecule has 0 heterocycles. The van der Waals surface area contributed by atoms with Crippen molar-refractivity contribution in [2.45, 2.75) is 19.3 Å². The van der Waals surface area contributed by atoms with E-state index in [1.54, 1.807) is 0 Å². The molecule has 0 atom stereocenters. The van der Waals surface area contributed by atoms with Gasteiger partial charge in [-0.2, -0.15) is 0 Å². The summed E-state index contributed by atoms with van der Waals surface area (Å²) >= 11 is 0. The first kappa shape index (κ1) is 30.9. The van der Waals surface area contributed by atoms with Crippen molar-refractivity contribution in [3.05, 3.63) is 199 Å². The number of fused-ring (bicyclic) bond motifs is 9. The normalized spacial score (nSPS) is 13.1. The lowest BCUT2D eigenvalue weighted by atomic mass is 9.75. The number of nitrogens with zero attached hydrogens (tertiary/aromatic N) is 1. The standard InChI is InChI=1S/C53H37N/c1-53(2)48-22-12-11-20-43(48)44-21-13-23-49(51(44)53)54(41-28-26-36(27-29-41)34-14-5-3-6-15-34)52-42-19-10-9-18-39(42)32-47-45-33-40-30-37(35-16-7-4-8-17-35)24-25-38(40)31-46(45)50(47)52/h3-33H,1-2H3. The molecular weight excluding hydrogens is 651 g/mol. The van der Waals surface area contributed by atoms with Crippen molar-refractivity contribution in [3.63, 3.8) is 0 Å². The lowest BCUT2D eigenvalue weighted by Crippen LogP contribution is -2.22. The SMILES string of the molecule is CC1(C)c2ccccc2-c2cccc(N(c3ccc(-c4ccccc4)cc3)c3c4c(cc5ccccc35)-c3cc5cc(-c6ccccc6)ccc5cc3-4)c21. The number of hydrogen-bond acceptors (Lipinski definition) is 1. The van der Waals surface area contributed by atoms with Crippen LogP contribution < -0.4 is 4.90 Å². The predicted molar refractivity (Wildman–Crippen MR) is 229 cm³/mol. The van der Waals surface area contributed by atoms with Crippen LogP contribution in [0.3, 0.4) is 0 Å². The first-order valence-corrected chi connectivity index (χ1v) is 18.9. The zero-order valence-corrected chi connectivity index (χ0v) is 30.3. The van der Waals surface area contributed by atoms with Crippen molar-refractivity contribution in [1.29, 1.82) is 0 Å². The summed E-state index contributed by atoms with van der Waals surface area (Å²) in [5.74, 6) is 0. The highest BCUT2D eigenvalue weighted by Crippen LogP contribution is 2.60. The summed E-state index contributed by atoms with van der Waals surface area (Å²) < 4.78 is 0. The van der Waals surface area contributed by atoms with Crippen molar-refractivity contribution in [2.75, 3.05) is 4.90 Å². The average molecular weight is 688 g/mol. The summed E-state index contributed by atoms with van der Waals surface area (Å²) in [5.41, 5.74) is 19.0. The minimum atomic E-state index is -0.187. The van der Waals surface area contributed by atoms with Gasteiger partial charge in [-0.25, -0.2) is 0 Å². The Morgan fingerprint density at radius 3 is 1.80 bits per heavy atom. The molecule has 11 rings (SSSR count). The molecule has 0 saturated heterocycles. The van der Waals surface area contributed by atoms with Crippen LogP contribution in [-0.2, 0) is 5.41 Å². The van der Waals surface area contributed by atoms with Gasteiger partial charge in [0.1, 0.15) is 0 Å². The van der Waals surface area contributed by atoms with E-state index in [4.69, 9.17) is 0 Å². The van der Waals surface area contributed by atoms with Crippen LogP contribution in [0.1, 0.15) is 25.0 Å². The quantitative estimate of drug-likeness (QED) is 0.174. The molecule has 0 fully saturated rings. The molecule has 2 aliphatic rings. The largest absolute Gasteiger partial charge is 0.309 e. The van der Waals surface area contributed by atoms with Crippen LogP contribution >= 0.6 is 0 Å². The van der Waals surface area contributed by atoms with Crippen molar-refractivity contribution < 1.29 is 0 Å². The fraction of sp³-hybridized carbons (Fsp3) is 0.0566. The van der Waals surface area contributed by atoms with E-state index in [0.29, 0.717) is 0 Å². The number of benzene rings is 9. The maximum absolute atomic E-state index is 2.58. The van der Waals surface area contributed by atoms with Crippen LogP contribution in [0.4, 0.5) is 17.1 Å². The van der Waals surface area contributed by atoms with E-state index in [-0.39, 0.29) is 5.41 Å². The third-order valence-corrected chi connectivity index (χ3v) is 11.9. The average Bonchev–Trinajstić information content (AvgIpc) is 3.47. The smallest absolute Gasteiger partial charge is 0.0625 e. The summed E-state index contributed by atoms with van der Waals surface area (Å²) in [6, 6.07) is 69.5. The Labute approximate surface area is 316 Å². The summed E-state index contributed by atoms with van der Waals surface area (Å²) in [4.78, 5) is 2.58. The predicted octanol–water partition coefficient (Wildman–Crippen LogP) is 14.8. The molecule has 0 amide bonds. The highest BCUT2D eigenvalue weighted by Gasteiger charge is 2.40. The van der Waals surface area contributed by atoms with Gasteiger partial charge in [0, 0.05) is 22.1 Å². The Balaban J connectivity index is 1.17. The molecule has 0 aromatic heterocycles. The van der Waals surface area contributed by atoms with Gasteiger partial charge in [-0.1, -0.05) is 159 Å². The Morgan fingerprint density at radius 1 is 0.389 bits per heavy atom. The van der Waals surface area contributed by atoms with Crippen molar-refractivity contribution in [1.82, 2.24) is 0 Å². The Hall–Kier alpha value is -6.70. The summed E-state index contributed by atoms with van der Waals surface area (Å²) in [7, 11) is 0. The van der Waals surface area contributed by atoms with Crippen molar-refractivity contribution >= 4 is 38.6 Å². The second-order valence-corrected chi connectivity index (χ2v) is 15.3. The van der Waals surface area contributed by atoms with E-state index in [0.717, 1.165) is 5.69 Å². The van der Waals surface area contributed by atoms with Crippen LogP contribution in [0.25, 0.3) is 77.2 Å². The molecule has 9 aromatic carbocycles. The van der Waals surface area contributed by atoms with Gasteiger partial charge in [0.05, 0.1) is 11.4 Å². The molecule has 54 heavy (non-hydrogen) atoms. The van der Waals surface area contributed by atoms with Crippen LogP contribution in [0.15, 0.2) is 188 Å². The molecule has 0 aliphatic heterocycles. The molecule has 254 valence electrons. The van der Waals surface area contributed by atoms with E-state index in [2.05, 4.69) is 207 Å². The second-order valence-electron chi connectivity index (χ2n) is 15.3. The lowest BCUT2D eigenvalue weighted by molar-refractivity contribution is 0.661. The minimum Gasteiger partial charge on any atom is -0.309 e. The number of anilines is 3. The zero-order valence-electron chi connectivity index (χ0n) is 30.3. The second kappa shape index (κ2) is 11.7. The Morgan fingerprint density at radius 2 is 1.00 bits per heavy atom. The van der Waals surface area contributed by atoms with E-state index >= 15 is 0 Å². The summed E-state index contributed by atoms with van der Waals surface area (Å²) in [6.45, 7) is 4.79. The maximum Gasteiger partial charge on any atom is 0.0625 e. The van der Waals surface area contributed by atoms with E-state index in [1.165, 1.54) is 99.7 Å². The van der Waals surface area contributed by atoms with Crippen LogP contribution in [0.5, 0.6) is 0 Å². The number of rotatable bonds is 5. The molecule has 0 saturated carbocycles. The first-order chi connectivity index (χ1) is 26.5. The molecule has 0 N–H and O–H groups in total. The first-order valence-electron chi connectivity index (χ1n) is 18.9. The third-order valence-electron chi connectivity index (χ3n) is 11.9. The fourth-order valence-electron chi connectivity index (χ4n) is 9.35. The van der Waals surface area contributed by atoms with Crippen LogP contribution in [0.2, 0.25) is 0 Å². The van der Waals surface area contributed by atoms with Crippen LogP contribution in [0, 0.1) is 0 Å². The molecule has 2 aliphatic carbocycles. The zero-order chi connectivity index (χ0) is 36.0. The summed E-state index contributed by atoms with van der Waals surface area (Å²) in [6.07, 6.45) is 0. The molecule has 0 bridgehead atoms. The van der Waals surface area contributed by atoms with Gasteiger partial charge in [0.25, 0.3) is 0 Å². The van der Waals surface area contributed by atoms with Gasteiger partial charge in [-0.3, -0.25) is 0 Å². The van der Waals surface area contributed by atoms with Gasteiger partial charge < -0.3 is 4.90 Å². The van der Waals surface area contributed by atoms with Gasteiger partial charge in [0.2, 0.25) is 0 Å². The summed E-state index contributed by atoms with van der Waals surface area (Å²) in [5, 5.41) is 5.02. The topological polar surface area (TPSA) is 3.24 Å².